The molecule has 1 atom stereocenters. The monoisotopic (exact) mass is 428 g/mol. The van der Waals surface area contributed by atoms with Gasteiger partial charge in [-0.2, -0.15) is 0 Å². The van der Waals surface area contributed by atoms with Crippen molar-refractivity contribution in [1.82, 2.24) is 0 Å². The first-order valence-corrected chi connectivity index (χ1v) is 11.0. The second-order valence-corrected chi connectivity index (χ2v) is 10.1. The second-order valence-electron chi connectivity index (χ2n) is 10.1. The van der Waals surface area contributed by atoms with Crippen LogP contribution in [-0.2, 0) is 20.4 Å². The number of carbonyl (C=O) groups excluding carboxylic acids is 1. The standard InChI is InChI=1S/C21H34O3.C6H6O/c1-9-18(22)24-11-10-14(2)16-12-15(20(3,4)5)13-17(19(16)23)21(6,7)8;7-6-4-2-1-3-5-6/h12-14,23H,9-11H2,1-8H3;1-5,7H. The normalized spacial score (nSPS) is 12.5. The fraction of sp³-hybridized carbons (Fsp3) is 0.519. The van der Waals surface area contributed by atoms with Gasteiger partial charge in [0.1, 0.15) is 11.5 Å². The van der Waals surface area contributed by atoms with Crippen LogP contribution in [0.3, 0.4) is 0 Å². The van der Waals surface area contributed by atoms with E-state index >= 15 is 0 Å². The summed E-state index contributed by atoms with van der Waals surface area (Å²) in [6.07, 6.45) is 1.10. The molecule has 0 bridgehead atoms. The molecule has 0 aliphatic heterocycles. The van der Waals surface area contributed by atoms with Crippen LogP contribution in [0.2, 0.25) is 0 Å². The zero-order valence-electron chi connectivity index (χ0n) is 20.5. The molecule has 2 aromatic rings. The zero-order valence-corrected chi connectivity index (χ0v) is 20.5. The third-order valence-corrected chi connectivity index (χ3v) is 5.20. The number of phenols is 2. The molecule has 0 amide bonds. The lowest BCUT2D eigenvalue weighted by Crippen LogP contribution is -2.18. The van der Waals surface area contributed by atoms with Gasteiger partial charge in [-0.3, -0.25) is 4.79 Å². The molecule has 0 radical (unpaired) electrons. The van der Waals surface area contributed by atoms with Gasteiger partial charge < -0.3 is 14.9 Å². The molecule has 172 valence electrons. The highest BCUT2D eigenvalue weighted by atomic mass is 16.5. The Morgan fingerprint density at radius 3 is 1.97 bits per heavy atom. The summed E-state index contributed by atoms with van der Waals surface area (Å²) in [6.45, 7) is 17.2. The van der Waals surface area contributed by atoms with Crippen molar-refractivity contribution in [2.75, 3.05) is 6.61 Å². The SMILES string of the molecule is CCC(=O)OCCC(C)c1cc(C(C)(C)C)cc(C(C)(C)C)c1O.Oc1ccccc1. The molecule has 1 unspecified atom stereocenters. The van der Waals surface area contributed by atoms with E-state index in [1.165, 1.54) is 5.56 Å². The molecule has 0 saturated heterocycles. The van der Waals surface area contributed by atoms with E-state index < -0.39 is 0 Å². The van der Waals surface area contributed by atoms with Crippen LogP contribution in [-0.4, -0.2) is 22.8 Å². The number of benzene rings is 2. The van der Waals surface area contributed by atoms with Gasteiger partial charge in [0.05, 0.1) is 6.61 Å². The molecule has 0 aromatic heterocycles. The summed E-state index contributed by atoms with van der Waals surface area (Å²) in [6, 6.07) is 12.9. The molecular formula is C27H40O4. The van der Waals surface area contributed by atoms with Gasteiger partial charge in [0.15, 0.2) is 0 Å². The van der Waals surface area contributed by atoms with Crippen LogP contribution in [0.1, 0.15) is 90.8 Å². The van der Waals surface area contributed by atoms with E-state index in [9.17, 15) is 9.90 Å². The average Bonchev–Trinajstić information content (AvgIpc) is 2.67. The van der Waals surface area contributed by atoms with Crippen LogP contribution < -0.4 is 0 Å². The smallest absolute Gasteiger partial charge is 0.305 e. The fourth-order valence-corrected chi connectivity index (χ4v) is 3.07. The van der Waals surface area contributed by atoms with Crippen molar-refractivity contribution in [3.63, 3.8) is 0 Å². The molecule has 4 heteroatoms. The van der Waals surface area contributed by atoms with Gasteiger partial charge in [-0.05, 0) is 52.0 Å². The Bertz CT molecular complexity index is 827. The third-order valence-electron chi connectivity index (χ3n) is 5.20. The van der Waals surface area contributed by atoms with Gasteiger partial charge in [0.2, 0.25) is 0 Å². The van der Waals surface area contributed by atoms with Crippen molar-refractivity contribution in [2.24, 2.45) is 0 Å². The maximum atomic E-state index is 11.3. The first-order chi connectivity index (χ1) is 14.3. The Labute approximate surface area is 188 Å². The summed E-state index contributed by atoms with van der Waals surface area (Å²) >= 11 is 0. The molecule has 0 aliphatic carbocycles. The summed E-state index contributed by atoms with van der Waals surface area (Å²) in [5, 5.41) is 19.5. The predicted molar refractivity (Wildman–Crippen MR) is 128 cm³/mol. The number of rotatable bonds is 5. The van der Waals surface area contributed by atoms with Gasteiger partial charge >= 0.3 is 5.97 Å². The topological polar surface area (TPSA) is 66.8 Å². The number of hydrogen-bond donors (Lipinski definition) is 2. The van der Waals surface area contributed by atoms with Crippen molar-refractivity contribution >= 4 is 5.97 Å². The number of phenolic OH excluding ortho intramolecular Hbond substituents is 2. The lowest BCUT2D eigenvalue weighted by Gasteiger charge is -2.29. The first kappa shape index (κ1) is 26.5. The summed E-state index contributed by atoms with van der Waals surface area (Å²) in [5.74, 6) is 0.649. The largest absolute Gasteiger partial charge is 0.508 e. The van der Waals surface area contributed by atoms with Gasteiger partial charge in [0.25, 0.3) is 0 Å². The average molecular weight is 429 g/mol. The number of para-hydroxylation sites is 1. The van der Waals surface area contributed by atoms with Gasteiger partial charge in [0, 0.05) is 6.42 Å². The van der Waals surface area contributed by atoms with Crippen molar-refractivity contribution in [2.45, 2.75) is 85.0 Å². The Morgan fingerprint density at radius 1 is 0.968 bits per heavy atom. The zero-order chi connectivity index (χ0) is 23.8. The second kappa shape index (κ2) is 11.2. The van der Waals surface area contributed by atoms with E-state index in [4.69, 9.17) is 9.84 Å². The number of ether oxygens (including phenoxy) is 1. The van der Waals surface area contributed by atoms with Crippen LogP contribution in [0.25, 0.3) is 0 Å². The highest BCUT2D eigenvalue weighted by Crippen LogP contribution is 2.41. The molecular weight excluding hydrogens is 388 g/mol. The quantitative estimate of drug-likeness (QED) is 0.512. The minimum Gasteiger partial charge on any atom is -0.508 e. The van der Waals surface area contributed by atoms with Crippen molar-refractivity contribution in [3.8, 4) is 11.5 Å². The lowest BCUT2D eigenvalue weighted by molar-refractivity contribution is -0.143. The summed E-state index contributed by atoms with van der Waals surface area (Å²) in [4.78, 5) is 11.3. The maximum absolute atomic E-state index is 11.3. The number of carbonyl (C=O) groups is 1. The van der Waals surface area contributed by atoms with Crippen molar-refractivity contribution in [3.05, 3.63) is 59.2 Å². The van der Waals surface area contributed by atoms with Crippen molar-refractivity contribution < 1.29 is 19.7 Å². The summed E-state index contributed by atoms with van der Waals surface area (Å²) < 4.78 is 5.20. The van der Waals surface area contributed by atoms with E-state index in [1.54, 1.807) is 31.2 Å². The highest BCUT2D eigenvalue weighted by Gasteiger charge is 2.26. The van der Waals surface area contributed by atoms with Crippen LogP contribution >= 0.6 is 0 Å². The van der Waals surface area contributed by atoms with Crippen LogP contribution in [0, 0.1) is 0 Å². The highest BCUT2D eigenvalue weighted by molar-refractivity contribution is 5.68. The molecule has 2 aromatic carbocycles. The van der Waals surface area contributed by atoms with Gasteiger partial charge in [-0.1, -0.05) is 85.7 Å². The Balaban J connectivity index is 0.000000577. The Morgan fingerprint density at radius 2 is 1.55 bits per heavy atom. The fourth-order valence-electron chi connectivity index (χ4n) is 3.07. The molecule has 2 N–H and O–H groups in total. The number of hydrogen-bond acceptors (Lipinski definition) is 4. The van der Waals surface area contributed by atoms with E-state index in [-0.39, 0.29) is 22.7 Å². The maximum Gasteiger partial charge on any atom is 0.305 e. The molecule has 0 saturated carbocycles. The Hall–Kier alpha value is -2.49. The Kier molecular flexibility index (Phi) is 9.61. The molecule has 0 fully saturated rings. The van der Waals surface area contributed by atoms with E-state index in [2.05, 4.69) is 60.6 Å². The van der Waals surface area contributed by atoms with E-state index in [0.717, 1.165) is 11.1 Å². The van der Waals surface area contributed by atoms with Crippen LogP contribution in [0.15, 0.2) is 42.5 Å². The van der Waals surface area contributed by atoms with E-state index in [1.807, 2.05) is 6.07 Å². The molecule has 2 rings (SSSR count). The molecule has 0 spiro atoms. The molecule has 31 heavy (non-hydrogen) atoms. The first-order valence-electron chi connectivity index (χ1n) is 11.0. The number of aromatic hydroxyl groups is 2. The minimum absolute atomic E-state index is 0.0108. The predicted octanol–water partition coefficient (Wildman–Crippen LogP) is 6.83. The summed E-state index contributed by atoms with van der Waals surface area (Å²) in [7, 11) is 0. The minimum atomic E-state index is -0.176. The van der Waals surface area contributed by atoms with Crippen molar-refractivity contribution in [1.29, 1.82) is 0 Å². The lowest BCUT2D eigenvalue weighted by atomic mass is 9.77. The summed E-state index contributed by atoms with van der Waals surface area (Å²) in [5.41, 5.74) is 3.02. The molecule has 0 aliphatic rings. The van der Waals surface area contributed by atoms with Crippen LogP contribution in [0.4, 0.5) is 0 Å². The number of esters is 1. The van der Waals surface area contributed by atoms with E-state index in [0.29, 0.717) is 30.9 Å². The molecule has 0 heterocycles. The molecule has 4 nitrogen and oxygen atoms in total. The van der Waals surface area contributed by atoms with Gasteiger partial charge in [-0.15, -0.1) is 0 Å². The third kappa shape index (κ3) is 8.64. The van der Waals surface area contributed by atoms with Crippen LogP contribution in [0.5, 0.6) is 11.5 Å². The van der Waals surface area contributed by atoms with Gasteiger partial charge in [-0.25, -0.2) is 0 Å².